The maximum Gasteiger partial charge on any atom is 0.272 e. The monoisotopic (exact) mass is 373 g/mol. The molecule has 1 aliphatic rings. The van der Waals surface area contributed by atoms with E-state index >= 15 is 0 Å². The Labute approximate surface area is 159 Å². The van der Waals surface area contributed by atoms with Crippen LogP contribution in [0.4, 0.5) is 0 Å². The largest absolute Gasteiger partial charge is 0.493 e. The summed E-state index contributed by atoms with van der Waals surface area (Å²) in [6.07, 6.45) is 2.37. The van der Waals surface area contributed by atoms with Crippen LogP contribution in [-0.4, -0.2) is 43.0 Å². The first-order valence-electron chi connectivity index (χ1n) is 9.25. The number of rotatable bonds is 7. The number of aryl methyl sites for hydroxylation is 1. The Bertz CT molecular complexity index is 803. The average molecular weight is 373 g/mol. The number of methoxy groups -OCH3 is 2. The molecule has 2 N–H and O–H groups in total. The molecule has 1 aliphatic heterocycles. The number of amides is 1. The van der Waals surface area contributed by atoms with E-state index in [9.17, 15) is 4.79 Å². The fourth-order valence-electron chi connectivity index (χ4n) is 3.48. The number of nitrogens with zero attached hydrogens (tertiary/aromatic N) is 1. The van der Waals surface area contributed by atoms with Crippen LogP contribution < -0.4 is 14.8 Å². The molecule has 0 saturated heterocycles. The van der Waals surface area contributed by atoms with E-state index in [0.29, 0.717) is 30.2 Å². The zero-order valence-electron chi connectivity index (χ0n) is 16.3. The number of carbonyl (C=O) groups is 1. The molecule has 0 saturated carbocycles. The third-order valence-electron chi connectivity index (χ3n) is 4.82. The lowest BCUT2D eigenvalue weighted by Gasteiger charge is -2.25. The van der Waals surface area contributed by atoms with Gasteiger partial charge >= 0.3 is 0 Å². The van der Waals surface area contributed by atoms with Gasteiger partial charge in [0.25, 0.3) is 5.91 Å². The van der Waals surface area contributed by atoms with Gasteiger partial charge in [-0.1, -0.05) is 6.07 Å². The molecule has 3 rings (SSSR count). The van der Waals surface area contributed by atoms with Crippen LogP contribution >= 0.6 is 0 Å². The normalized spacial score (nSPS) is 18.7. The first kappa shape index (κ1) is 19.2. The van der Waals surface area contributed by atoms with Gasteiger partial charge in [-0.3, -0.25) is 9.89 Å². The number of aromatic nitrogens is 2. The molecule has 2 atom stereocenters. The van der Waals surface area contributed by atoms with Crippen LogP contribution in [0.25, 0.3) is 0 Å². The molecule has 0 fully saturated rings. The second-order valence-corrected chi connectivity index (χ2v) is 6.81. The highest BCUT2D eigenvalue weighted by Gasteiger charge is 2.29. The first-order valence-corrected chi connectivity index (χ1v) is 9.25. The Morgan fingerprint density at radius 3 is 2.81 bits per heavy atom. The number of aromatic amines is 1. The molecule has 1 aromatic carbocycles. The second-order valence-electron chi connectivity index (χ2n) is 6.81. The highest BCUT2D eigenvalue weighted by Crippen LogP contribution is 2.30. The quantitative estimate of drug-likeness (QED) is 0.729. The number of carbonyl (C=O) groups excluding carboxylic acids is 1. The van der Waals surface area contributed by atoms with Crippen molar-refractivity contribution in [3.05, 3.63) is 40.7 Å². The molecule has 0 radical (unpaired) electrons. The maximum atomic E-state index is 12.5. The minimum atomic E-state index is -0.138. The molecule has 0 spiro atoms. The van der Waals surface area contributed by atoms with Crippen molar-refractivity contribution >= 4 is 5.91 Å². The van der Waals surface area contributed by atoms with Crippen LogP contribution in [0.2, 0.25) is 0 Å². The second kappa shape index (κ2) is 8.43. The molecular formula is C20H27N3O4. The molecule has 0 unspecified atom stereocenters. The van der Waals surface area contributed by atoms with E-state index in [1.165, 1.54) is 0 Å². The summed E-state index contributed by atoms with van der Waals surface area (Å²) >= 11 is 0. The lowest BCUT2D eigenvalue weighted by Crippen LogP contribution is -2.28. The highest BCUT2D eigenvalue weighted by molar-refractivity contribution is 5.94. The van der Waals surface area contributed by atoms with Crippen molar-refractivity contribution in [2.75, 3.05) is 20.8 Å². The predicted octanol–water partition coefficient (Wildman–Crippen LogP) is 2.81. The Hall–Kier alpha value is -2.54. The van der Waals surface area contributed by atoms with E-state index in [4.69, 9.17) is 14.2 Å². The molecule has 146 valence electrons. The molecule has 2 heterocycles. The Balaban J connectivity index is 1.54. The lowest BCUT2D eigenvalue weighted by molar-refractivity contribution is -0.00697. The van der Waals surface area contributed by atoms with Crippen LogP contribution in [-0.2, 0) is 17.6 Å². The summed E-state index contributed by atoms with van der Waals surface area (Å²) < 4.78 is 16.3. The van der Waals surface area contributed by atoms with Crippen molar-refractivity contribution in [1.29, 1.82) is 0 Å². The Morgan fingerprint density at radius 2 is 2.07 bits per heavy atom. The van der Waals surface area contributed by atoms with Gasteiger partial charge in [0.1, 0.15) is 0 Å². The SMILES string of the molecule is COc1ccc(CCCNC(=O)c2n[nH]c3c2C[C@H](C)O[C@@H]3C)cc1OC. The highest BCUT2D eigenvalue weighted by atomic mass is 16.5. The zero-order valence-corrected chi connectivity index (χ0v) is 16.3. The number of benzene rings is 1. The minimum Gasteiger partial charge on any atom is -0.493 e. The van der Waals surface area contributed by atoms with Crippen molar-refractivity contribution in [2.24, 2.45) is 0 Å². The van der Waals surface area contributed by atoms with Gasteiger partial charge in [0, 0.05) is 18.5 Å². The van der Waals surface area contributed by atoms with E-state index in [-0.39, 0.29) is 18.1 Å². The lowest BCUT2D eigenvalue weighted by atomic mass is 9.99. The van der Waals surface area contributed by atoms with Gasteiger partial charge in [-0.2, -0.15) is 5.10 Å². The molecule has 1 amide bonds. The third-order valence-corrected chi connectivity index (χ3v) is 4.82. The van der Waals surface area contributed by atoms with Crippen molar-refractivity contribution in [3.8, 4) is 11.5 Å². The summed E-state index contributed by atoms with van der Waals surface area (Å²) in [5, 5.41) is 10.1. The number of hydrogen-bond donors (Lipinski definition) is 2. The summed E-state index contributed by atoms with van der Waals surface area (Å²) in [7, 11) is 3.24. The van der Waals surface area contributed by atoms with Gasteiger partial charge in [-0.15, -0.1) is 0 Å². The van der Waals surface area contributed by atoms with Gasteiger partial charge in [0.2, 0.25) is 0 Å². The first-order chi connectivity index (χ1) is 13.0. The fraction of sp³-hybridized carbons (Fsp3) is 0.500. The van der Waals surface area contributed by atoms with Gasteiger partial charge in [-0.05, 0) is 44.4 Å². The number of nitrogens with one attached hydrogen (secondary N) is 2. The summed E-state index contributed by atoms with van der Waals surface area (Å²) in [5.74, 6) is 1.29. The van der Waals surface area contributed by atoms with Crippen LogP contribution in [0.1, 0.15) is 53.7 Å². The number of hydrogen-bond acceptors (Lipinski definition) is 5. The van der Waals surface area contributed by atoms with Crippen molar-refractivity contribution in [3.63, 3.8) is 0 Å². The van der Waals surface area contributed by atoms with Gasteiger partial charge in [0.05, 0.1) is 32.1 Å². The summed E-state index contributed by atoms with van der Waals surface area (Å²) in [6.45, 7) is 4.56. The number of ether oxygens (including phenoxy) is 3. The minimum absolute atomic E-state index is 0.0668. The molecule has 0 bridgehead atoms. The van der Waals surface area contributed by atoms with Gasteiger partial charge in [-0.25, -0.2) is 0 Å². The molecule has 2 aromatic rings. The van der Waals surface area contributed by atoms with Gasteiger partial charge < -0.3 is 19.5 Å². The molecule has 7 heteroatoms. The maximum absolute atomic E-state index is 12.5. The van der Waals surface area contributed by atoms with E-state index in [1.54, 1.807) is 14.2 Å². The summed E-state index contributed by atoms with van der Waals surface area (Å²) in [4.78, 5) is 12.5. The standard InChI is InChI=1S/C20H27N3O4/c1-12-10-15-18(13(2)27-12)22-23-19(15)20(24)21-9-5-6-14-7-8-16(25-3)17(11-14)26-4/h7-8,11-13H,5-6,9-10H2,1-4H3,(H,21,24)(H,22,23)/t12-,13+/m0/s1. The third kappa shape index (κ3) is 4.24. The van der Waals surface area contributed by atoms with E-state index in [2.05, 4.69) is 15.5 Å². The topological polar surface area (TPSA) is 85.5 Å². The smallest absolute Gasteiger partial charge is 0.272 e. The number of H-pyrrole nitrogens is 1. The summed E-state index contributed by atoms with van der Waals surface area (Å²) in [5.41, 5.74) is 3.50. The molecule has 0 aliphatic carbocycles. The molecule has 1 aromatic heterocycles. The molecular weight excluding hydrogens is 346 g/mol. The molecule has 7 nitrogen and oxygen atoms in total. The van der Waals surface area contributed by atoms with Crippen LogP contribution in [0, 0.1) is 0 Å². The average Bonchev–Trinajstić information content (AvgIpc) is 3.09. The van der Waals surface area contributed by atoms with Crippen molar-refractivity contribution < 1.29 is 19.0 Å². The van der Waals surface area contributed by atoms with E-state index in [0.717, 1.165) is 29.7 Å². The number of fused-ring (bicyclic) bond motifs is 1. The Kier molecular flexibility index (Phi) is 6.01. The predicted molar refractivity (Wildman–Crippen MR) is 101 cm³/mol. The summed E-state index contributed by atoms with van der Waals surface area (Å²) in [6, 6.07) is 5.87. The van der Waals surface area contributed by atoms with Crippen LogP contribution in [0.15, 0.2) is 18.2 Å². The van der Waals surface area contributed by atoms with E-state index in [1.807, 2.05) is 32.0 Å². The Morgan fingerprint density at radius 1 is 1.30 bits per heavy atom. The van der Waals surface area contributed by atoms with E-state index < -0.39 is 0 Å². The van der Waals surface area contributed by atoms with Gasteiger partial charge in [0.15, 0.2) is 17.2 Å². The zero-order chi connectivity index (χ0) is 19.4. The van der Waals surface area contributed by atoms with Crippen molar-refractivity contribution in [2.45, 2.75) is 45.3 Å². The molecule has 27 heavy (non-hydrogen) atoms. The van der Waals surface area contributed by atoms with Crippen LogP contribution in [0.3, 0.4) is 0 Å². The van der Waals surface area contributed by atoms with Crippen LogP contribution in [0.5, 0.6) is 11.5 Å². The fourth-order valence-corrected chi connectivity index (χ4v) is 3.48. The van der Waals surface area contributed by atoms with Crippen molar-refractivity contribution in [1.82, 2.24) is 15.5 Å².